The third-order valence-corrected chi connectivity index (χ3v) is 4.15. The van der Waals surface area contributed by atoms with Gasteiger partial charge in [0.2, 0.25) is 5.91 Å². The monoisotopic (exact) mass is 350 g/mol. The summed E-state index contributed by atoms with van der Waals surface area (Å²) >= 11 is 0. The van der Waals surface area contributed by atoms with Gasteiger partial charge in [0, 0.05) is 45.4 Å². The van der Waals surface area contributed by atoms with Gasteiger partial charge in [0.15, 0.2) is 11.6 Å². The summed E-state index contributed by atoms with van der Waals surface area (Å²) in [6, 6.07) is 5.41. The minimum atomic E-state index is -0.907. The van der Waals surface area contributed by atoms with Crippen molar-refractivity contribution in [2.45, 2.75) is 13.5 Å². The van der Waals surface area contributed by atoms with Crippen molar-refractivity contribution in [2.75, 3.05) is 32.9 Å². The number of carbonyl (C=O) groups is 1. The number of nitrogens with zero attached hydrogens (tertiary/aromatic N) is 4. The summed E-state index contributed by atoms with van der Waals surface area (Å²) in [6.07, 6.45) is 1.68. The molecule has 0 spiro atoms. The SMILES string of the molecule is CC(=O)N1CCN(COCc2ccn(-c3ccc(F)c(F)c3)n2)CC1. The van der Waals surface area contributed by atoms with E-state index in [1.807, 2.05) is 4.90 Å². The van der Waals surface area contributed by atoms with Crippen LogP contribution in [0.15, 0.2) is 30.5 Å². The second-order valence-electron chi connectivity index (χ2n) is 5.95. The summed E-state index contributed by atoms with van der Waals surface area (Å²) in [6.45, 7) is 5.35. The fraction of sp³-hybridized carbons (Fsp3) is 0.412. The average molecular weight is 350 g/mol. The van der Waals surface area contributed by atoms with Crippen molar-refractivity contribution in [3.8, 4) is 5.69 Å². The summed E-state index contributed by atoms with van der Waals surface area (Å²) in [5, 5.41) is 4.30. The fourth-order valence-corrected chi connectivity index (χ4v) is 2.68. The lowest BCUT2D eigenvalue weighted by Gasteiger charge is -2.33. The van der Waals surface area contributed by atoms with Crippen LogP contribution in [0, 0.1) is 11.6 Å². The molecule has 1 aliphatic rings. The summed E-state index contributed by atoms with van der Waals surface area (Å²) < 4.78 is 33.4. The third-order valence-electron chi connectivity index (χ3n) is 4.15. The maximum absolute atomic E-state index is 13.3. The van der Waals surface area contributed by atoms with E-state index in [4.69, 9.17) is 4.74 Å². The van der Waals surface area contributed by atoms with Crippen molar-refractivity contribution in [1.29, 1.82) is 0 Å². The Morgan fingerprint density at radius 2 is 1.92 bits per heavy atom. The van der Waals surface area contributed by atoms with E-state index in [0.717, 1.165) is 25.2 Å². The number of carbonyl (C=O) groups excluding carboxylic acids is 1. The molecule has 134 valence electrons. The molecule has 1 fully saturated rings. The van der Waals surface area contributed by atoms with Crippen molar-refractivity contribution >= 4 is 5.91 Å². The number of hydrogen-bond acceptors (Lipinski definition) is 4. The second kappa shape index (κ2) is 7.71. The van der Waals surface area contributed by atoms with Crippen LogP contribution in [0.4, 0.5) is 8.78 Å². The summed E-state index contributed by atoms with van der Waals surface area (Å²) in [5.74, 6) is -1.69. The number of hydrogen-bond donors (Lipinski definition) is 0. The molecule has 0 radical (unpaired) electrons. The minimum Gasteiger partial charge on any atom is -0.360 e. The summed E-state index contributed by atoms with van der Waals surface area (Å²) in [7, 11) is 0. The highest BCUT2D eigenvalue weighted by Gasteiger charge is 2.18. The van der Waals surface area contributed by atoms with Gasteiger partial charge in [0.1, 0.15) is 0 Å². The lowest BCUT2D eigenvalue weighted by atomic mass is 10.3. The van der Waals surface area contributed by atoms with Crippen molar-refractivity contribution < 1.29 is 18.3 Å². The minimum absolute atomic E-state index is 0.100. The van der Waals surface area contributed by atoms with Crippen molar-refractivity contribution in [2.24, 2.45) is 0 Å². The average Bonchev–Trinajstić information content (AvgIpc) is 3.07. The molecule has 3 rings (SSSR count). The third kappa shape index (κ3) is 4.40. The number of aromatic nitrogens is 2. The van der Waals surface area contributed by atoms with Crippen molar-refractivity contribution in [3.05, 3.63) is 47.8 Å². The van der Waals surface area contributed by atoms with E-state index < -0.39 is 11.6 Å². The number of amides is 1. The molecule has 0 saturated carbocycles. The Hall–Kier alpha value is -2.32. The Kier molecular flexibility index (Phi) is 5.40. The summed E-state index contributed by atoms with van der Waals surface area (Å²) in [4.78, 5) is 15.2. The molecule has 25 heavy (non-hydrogen) atoms. The molecule has 2 aromatic rings. The molecule has 0 aliphatic carbocycles. The van der Waals surface area contributed by atoms with Gasteiger partial charge < -0.3 is 9.64 Å². The van der Waals surface area contributed by atoms with Gasteiger partial charge in [0.25, 0.3) is 0 Å². The first-order valence-corrected chi connectivity index (χ1v) is 8.08. The Bertz CT molecular complexity index is 742. The zero-order valence-electron chi connectivity index (χ0n) is 14.0. The van der Waals surface area contributed by atoms with E-state index in [0.29, 0.717) is 37.8 Å². The number of piperazine rings is 1. The van der Waals surface area contributed by atoms with Crippen LogP contribution in [0.1, 0.15) is 12.6 Å². The molecule has 0 unspecified atom stereocenters. The van der Waals surface area contributed by atoms with E-state index in [1.54, 1.807) is 19.2 Å². The number of halogens is 2. The van der Waals surface area contributed by atoms with Crippen LogP contribution in [-0.2, 0) is 16.1 Å². The smallest absolute Gasteiger partial charge is 0.219 e. The molecule has 0 N–H and O–H groups in total. The molecule has 0 bridgehead atoms. The van der Waals surface area contributed by atoms with Gasteiger partial charge in [-0.1, -0.05) is 0 Å². The molecule has 1 aromatic carbocycles. The number of rotatable bonds is 5. The van der Waals surface area contributed by atoms with Crippen LogP contribution < -0.4 is 0 Å². The van der Waals surface area contributed by atoms with Crippen LogP contribution >= 0.6 is 0 Å². The molecule has 2 heterocycles. The van der Waals surface area contributed by atoms with Crippen molar-refractivity contribution in [3.63, 3.8) is 0 Å². The highest BCUT2D eigenvalue weighted by molar-refractivity contribution is 5.73. The van der Waals surface area contributed by atoms with Crippen molar-refractivity contribution in [1.82, 2.24) is 19.6 Å². The highest BCUT2D eigenvalue weighted by Crippen LogP contribution is 2.13. The van der Waals surface area contributed by atoms with E-state index in [1.165, 1.54) is 10.7 Å². The molecule has 8 heteroatoms. The predicted octanol–water partition coefficient (Wildman–Crippen LogP) is 1.79. The molecule has 1 aromatic heterocycles. The molecule has 1 saturated heterocycles. The van der Waals surface area contributed by atoms with Gasteiger partial charge in [-0.3, -0.25) is 9.69 Å². The van der Waals surface area contributed by atoms with Gasteiger partial charge in [-0.2, -0.15) is 5.10 Å². The number of benzene rings is 1. The standard InChI is InChI=1S/C17H20F2N4O2/c1-13(24)22-8-6-21(7-9-22)12-25-11-14-4-5-23(20-14)15-2-3-16(18)17(19)10-15/h2-5,10H,6-9,11-12H2,1H3. The first kappa shape index (κ1) is 17.5. The Morgan fingerprint density at radius 1 is 1.16 bits per heavy atom. The van der Waals surface area contributed by atoms with Gasteiger partial charge in [-0.25, -0.2) is 13.5 Å². The Balaban J connectivity index is 1.48. The quantitative estimate of drug-likeness (QED) is 0.825. The highest BCUT2D eigenvalue weighted by atomic mass is 19.2. The zero-order valence-corrected chi connectivity index (χ0v) is 14.0. The van der Waals surface area contributed by atoms with Crippen LogP contribution in [0.2, 0.25) is 0 Å². The maximum atomic E-state index is 13.3. The molecular formula is C17H20F2N4O2. The lowest BCUT2D eigenvalue weighted by Crippen LogP contribution is -2.48. The van der Waals surface area contributed by atoms with Crippen LogP contribution in [0.5, 0.6) is 0 Å². The second-order valence-corrected chi connectivity index (χ2v) is 5.95. The van der Waals surface area contributed by atoms with E-state index in [9.17, 15) is 13.6 Å². The first-order chi connectivity index (χ1) is 12.0. The summed E-state index contributed by atoms with van der Waals surface area (Å²) in [5.41, 5.74) is 1.15. The van der Waals surface area contributed by atoms with Gasteiger partial charge in [-0.05, 0) is 18.2 Å². The molecule has 1 amide bonds. The van der Waals surface area contributed by atoms with Gasteiger partial charge >= 0.3 is 0 Å². The molecule has 6 nitrogen and oxygen atoms in total. The van der Waals surface area contributed by atoms with Crippen LogP contribution in [0.25, 0.3) is 5.69 Å². The largest absolute Gasteiger partial charge is 0.360 e. The van der Waals surface area contributed by atoms with Crippen LogP contribution in [0.3, 0.4) is 0 Å². The topological polar surface area (TPSA) is 50.6 Å². The van der Waals surface area contributed by atoms with E-state index >= 15 is 0 Å². The fourth-order valence-electron chi connectivity index (χ4n) is 2.68. The van der Waals surface area contributed by atoms with Gasteiger partial charge in [-0.15, -0.1) is 0 Å². The Labute approximate surface area is 144 Å². The lowest BCUT2D eigenvalue weighted by molar-refractivity contribution is -0.131. The molecule has 0 atom stereocenters. The van der Waals surface area contributed by atoms with Gasteiger partial charge in [0.05, 0.1) is 24.7 Å². The molecule has 1 aliphatic heterocycles. The predicted molar refractivity (Wildman–Crippen MR) is 87.0 cm³/mol. The Morgan fingerprint density at radius 3 is 2.60 bits per heavy atom. The number of ether oxygens (including phenoxy) is 1. The van der Waals surface area contributed by atoms with E-state index in [2.05, 4.69) is 10.00 Å². The zero-order chi connectivity index (χ0) is 17.8. The van der Waals surface area contributed by atoms with E-state index in [-0.39, 0.29) is 5.91 Å². The molecular weight excluding hydrogens is 330 g/mol. The van der Waals surface area contributed by atoms with Crippen LogP contribution in [-0.4, -0.2) is 58.4 Å². The normalized spacial score (nSPS) is 15.6. The maximum Gasteiger partial charge on any atom is 0.219 e. The first-order valence-electron chi connectivity index (χ1n) is 8.08.